The van der Waals surface area contributed by atoms with Crippen molar-refractivity contribution >= 4 is 13.6 Å². The minimum absolute atomic E-state index is 0.0919. The summed E-state index contributed by atoms with van der Waals surface area (Å²) in [5.74, 6) is -0.367. The number of aliphatic hydroxyl groups excluding tert-OH is 1. The number of carbonyl (C=O) groups excluding carboxylic acids is 1. The third-order valence-corrected chi connectivity index (χ3v) is 5.05. The SMILES string of the molecule is COC(=O)c1oc(C(C)(C)C)c(CO)c1CP(=O)(OC)OC. The second kappa shape index (κ2) is 6.96. The number of hydrogen-bond donors (Lipinski definition) is 1. The van der Waals surface area contributed by atoms with Gasteiger partial charge in [0.2, 0.25) is 5.76 Å². The molecule has 1 N–H and O–H groups in total. The highest BCUT2D eigenvalue weighted by molar-refractivity contribution is 7.52. The van der Waals surface area contributed by atoms with Gasteiger partial charge in [0.1, 0.15) is 5.76 Å². The summed E-state index contributed by atoms with van der Waals surface area (Å²) in [7, 11) is 0.291. The molecular weight excluding hydrogens is 311 g/mol. The molecule has 0 aliphatic heterocycles. The van der Waals surface area contributed by atoms with Crippen LogP contribution in [-0.4, -0.2) is 32.4 Å². The molecule has 0 bridgehead atoms. The lowest BCUT2D eigenvalue weighted by Gasteiger charge is -2.17. The van der Waals surface area contributed by atoms with Gasteiger partial charge in [0.05, 0.1) is 19.9 Å². The van der Waals surface area contributed by atoms with Crippen LogP contribution in [0.3, 0.4) is 0 Å². The molecule has 0 aliphatic carbocycles. The predicted octanol–water partition coefficient (Wildman–Crippen LogP) is 2.84. The molecule has 8 heteroatoms. The van der Waals surface area contributed by atoms with Crippen LogP contribution in [0.25, 0.3) is 0 Å². The van der Waals surface area contributed by atoms with Crippen molar-refractivity contribution in [3.05, 3.63) is 22.6 Å². The van der Waals surface area contributed by atoms with Gasteiger partial charge < -0.3 is 23.3 Å². The van der Waals surface area contributed by atoms with Crippen LogP contribution in [-0.2, 0) is 36.5 Å². The Morgan fingerprint density at radius 3 is 2.09 bits per heavy atom. The Bertz CT molecular complexity index is 575. The number of aliphatic hydroxyl groups is 1. The molecule has 1 aromatic rings. The Labute approximate surface area is 130 Å². The first-order valence-electron chi connectivity index (χ1n) is 6.68. The van der Waals surface area contributed by atoms with Gasteiger partial charge in [-0.15, -0.1) is 0 Å². The fourth-order valence-electron chi connectivity index (χ4n) is 2.09. The minimum atomic E-state index is -3.44. The van der Waals surface area contributed by atoms with Gasteiger partial charge in [-0.3, -0.25) is 4.57 Å². The van der Waals surface area contributed by atoms with Crippen molar-refractivity contribution in [2.24, 2.45) is 0 Å². The van der Waals surface area contributed by atoms with Crippen LogP contribution in [0.4, 0.5) is 0 Å². The number of esters is 1. The lowest BCUT2D eigenvalue weighted by Crippen LogP contribution is -2.13. The molecule has 0 fully saturated rings. The maximum Gasteiger partial charge on any atom is 0.374 e. The molecule has 126 valence electrons. The molecule has 0 amide bonds. The molecule has 7 nitrogen and oxygen atoms in total. The Kier molecular flexibility index (Phi) is 5.98. The van der Waals surface area contributed by atoms with E-state index < -0.39 is 19.0 Å². The van der Waals surface area contributed by atoms with Gasteiger partial charge in [0, 0.05) is 30.8 Å². The quantitative estimate of drug-likeness (QED) is 0.631. The van der Waals surface area contributed by atoms with Gasteiger partial charge in [-0.25, -0.2) is 4.79 Å². The average molecular weight is 334 g/mol. The number of ether oxygens (including phenoxy) is 1. The van der Waals surface area contributed by atoms with Crippen molar-refractivity contribution < 1.29 is 32.7 Å². The summed E-state index contributed by atoms with van der Waals surface area (Å²) in [5.41, 5.74) is 0.233. The van der Waals surface area contributed by atoms with E-state index in [-0.39, 0.29) is 24.1 Å². The summed E-state index contributed by atoms with van der Waals surface area (Å²) < 4.78 is 32.5. The van der Waals surface area contributed by atoms with Gasteiger partial charge in [0.25, 0.3) is 0 Å². The Morgan fingerprint density at radius 2 is 1.73 bits per heavy atom. The normalized spacial score (nSPS) is 12.5. The minimum Gasteiger partial charge on any atom is -0.463 e. The molecular formula is C14H23O7P. The van der Waals surface area contributed by atoms with Gasteiger partial charge in [-0.1, -0.05) is 20.8 Å². The Balaban J connectivity index is 3.54. The van der Waals surface area contributed by atoms with E-state index in [0.717, 1.165) is 0 Å². The highest BCUT2D eigenvalue weighted by atomic mass is 31.2. The van der Waals surface area contributed by atoms with Crippen LogP contribution < -0.4 is 0 Å². The smallest absolute Gasteiger partial charge is 0.374 e. The molecule has 0 aromatic carbocycles. The van der Waals surface area contributed by atoms with Crippen molar-refractivity contribution in [2.75, 3.05) is 21.3 Å². The lowest BCUT2D eigenvalue weighted by molar-refractivity contribution is 0.0560. The fraction of sp³-hybridized carbons (Fsp3) is 0.643. The lowest BCUT2D eigenvalue weighted by atomic mass is 9.89. The van der Waals surface area contributed by atoms with Gasteiger partial charge in [-0.2, -0.15) is 0 Å². The molecule has 0 radical (unpaired) electrons. The molecule has 0 aliphatic rings. The number of carbonyl (C=O) groups is 1. The molecule has 0 atom stereocenters. The topological polar surface area (TPSA) is 95.2 Å². The first-order chi connectivity index (χ1) is 10.1. The second-order valence-corrected chi connectivity index (χ2v) is 8.02. The molecule has 1 aromatic heterocycles. The molecule has 0 saturated heterocycles. The molecule has 22 heavy (non-hydrogen) atoms. The van der Waals surface area contributed by atoms with Crippen LogP contribution in [0.2, 0.25) is 0 Å². The van der Waals surface area contributed by atoms with Crippen LogP contribution in [0.15, 0.2) is 4.42 Å². The maximum atomic E-state index is 12.4. The van der Waals surface area contributed by atoms with E-state index >= 15 is 0 Å². The van der Waals surface area contributed by atoms with Gasteiger partial charge >= 0.3 is 13.6 Å². The van der Waals surface area contributed by atoms with Crippen LogP contribution in [0.1, 0.15) is 48.2 Å². The molecule has 0 saturated carbocycles. The molecule has 0 unspecified atom stereocenters. The maximum absolute atomic E-state index is 12.4. The number of furan rings is 1. The third kappa shape index (κ3) is 3.79. The monoisotopic (exact) mass is 334 g/mol. The number of hydrogen-bond acceptors (Lipinski definition) is 7. The molecule has 0 spiro atoms. The summed E-state index contributed by atoms with van der Waals surface area (Å²) in [6, 6.07) is 0. The van der Waals surface area contributed by atoms with E-state index in [0.29, 0.717) is 11.3 Å². The number of rotatable bonds is 6. The first kappa shape index (κ1) is 18.9. The summed E-state index contributed by atoms with van der Waals surface area (Å²) in [5, 5.41) is 9.69. The molecule has 1 heterocycles. The average Bonchev–Trinajstić information content (AvgIpc) is 2.84. The van der Waals surface area contributed by atoms with Crippen LogP contribution in [0.5, 0.6) is 0 Å². The van der Waals surface area contributed by atoms with E-state index in [4.69, 9.17) is 18.2 Å². The highest BCUT2D eigenvalue weighted by Crippen LogP contribution is 2.52. The summed E-state index contributed by atoms with van der Waals surface area (Å²) >= 11 is 0. The third-order valence-electron chi connectivity index (χ3n) is 3.23. The largest absolute Gasteiger partial charge is 0.463 e. The van der Waals surface area contributed by atoms with E-state index in [1.165, 1.54) is 21.3 Å². The fourth-order valence-corrected chi connectivity index (χ4v) is 3.22. The van der Waals surface area contributed by atoms with Crippen molar-refractivity contribution in [3.63, 3.8) is 0 Å². The highest BCUT2D eigenvalue weighted by Gasteiger charge is 2.35. The van der Waals surface area contributed by atoms with Crippen LogP contribution >= 0.6 is 7.60 Å². The second-order valence-electron chi connectivity index (χ2n) is 5.75. The van der Waals surface area contributed by atoms with Gasteiger partial charge in [-0.05, 0) is 0 Å². The van der Waals surface area contributed by atoms with Crippen LogP contribution in [0, 0.1) is 0 Å². The van der Waals surface area contributed by atoms with Gasteiger partial charge in [0.15, 0.2) is 0 Å². The van der Waals surface area contributed by atoms with Crippen molar-refractivity contribution in [1.29, 1.82) is 0 Å². The molecule has 1 rings (SSSR count). The Morgan fingerprint density at radius 1 is 1.18 bits per heavy atom. The first-order valence-corrected chi connectivity index (χ1v) is 8.41. The number of methoxy groups -OCH3 is 1. The van der Waals surface area contributed by atoms with E-state index in [1.54, 1.807) is 0 Å². The van der Waals surface area contributed by atoms with Crippen molar-refractivity contribution in [2.45, 2.75) is 39.0 Å². The zero-order chi connectivity index (χ0) is 17.1. The predicted molar refractivity (Wildman–Crippen MR) is 80.0 cm³/mol. The van der Waals surface area contributed by atoms with E-state index in [2.05, 4.69) is 0 Å². The van der Waals surface area contributed by atoms with Crippen molar-refractivity contribution in [1.82, 2.24) is 0 Å². The summed E-state index contributed by atoms with van der Waals surface area (Å²) in [6.07, 6.45) is -0.195. The van der Waals surface area contributed by atoms with E-state index in [1.807, 2.05) is 20.8 Å². The summed E-state index contributed by atoms with van der Waals surface area (Å²) in [4.78, 5) is 11.9. The zero-order valence-corrected chi connectivity index (χ0v) is 14.7. The standard InChI is InChI=1S/C14H23O7P/c1-14(2,3)12-9(7-15)10(8-22(17,19-5)20-6)11(21-12)13(16)18-4/h15H,7-8H2,1-6H3. The summed E-state index contributed by atoms with van der Waals surface area (Å²) in [6.45, 7) is 5.27. The van der Waals surface area contributed by atoms with Crippen molar-refractivity contribution in [3.8, 4) is 0 Å². The Hall–Kier alpha value is -1.14. The van der Waals surface area contributed by atoms with E-state index in [9.17, 15) is 14.5 Å². The zero-order valence-electron chi connectivity index (χ0n) is 13.8.